The number of carbonyl (C=O) groups is 1. The second-order valence-electron chi connectivity index (χ2n) is 8.00. The minimum absolute atomic E-state index is 0.0355. The van der Waals surface area contributed by atoms with Gasteiger partial charge in [0.05, 0.1) is 13.2 Å². The molecule has 2 aliphatic rings. The maximum Gasteiger partial charge on any atom is 0.387 e. The monoisotopic (exact) mass is 447 g/mol. The summed E-state index contributed by atoms with van der Waals surface area (Å²) in [7, 11) is 1.39. The molecule has 2 fully saturated rings. The predicted octanol–water partition coefficient (Wildman–Crippen LogP) is 4.66. The van der Waals surface area contributed by atoms with Crippen molar-refractivity contribution in [2.45, 2.75) is 51.0 Å². The summed E-state index contributed by atoms with van der Waals surface area (Å²) in [5, 5.41) is 0. The lowest BCUT2D eigenvalue weighted by molar-refractivity contribution is -0.0512. The molecule has 0 spiro atoms. The molecule has 1 aliphatic heterocycles. The molecule has 0 radical (unpaired) electrons. The van der Waals surface area contributed by atoms with E-state index in [2.05, 4.69) is 4.74 Å². The summed E-state index contributed by atoms with van der Waals surface area (Å²) in [6, 6.07) is 12.1. The van der Waals surface area contributed by atoms with Crippen molar-refractivity contribution in [3.05, 3.63) is 53.6 Å². The maximum atomic E-state index is 13.3. The third-order valence-electron chi connectivity index (χ3n) is 5.59. The molecule has 1 aliphatic carbocycles. The summed E-state index contributed by atoms with van der Waals surface area (Å²) in [4.78, 5) is 15.1. The number of hydrogen-bond donors (Lipinski definition) is 0. The summed E-state index contributed by atoms with van der Waals surface area (Å²) in [6.07, 6.45) is 4.00. The Morgan fingerprint density at radius 2 is 2.00 bits per heavy atom. The van der Waals surface area contributed by atoms with Crippen LogP contribution < -0.4 is 14.2 Å². The highest BCUT2D eigenvalue weighted by molar-refractivity contribution is 5.95. The first kappa shape index (κ1) is 22.3. The van der Waals surface area contributed by atoms with Crippen LogP contribution in [0.25, 0.3) is 0 Å². The summed E-state index contributed by atoms with van der Waals surface area (Å²) < 4.78 is 46.3. The van der Waals surface area contributed by atoms with Gasteiger partial charge in [-0.25, -0.2) is 0 Å². The second-order valence-corrected chi connectivity index (χ2v) is 8.00. The molecule has 1 saturated carbocycles. The van der Waals surface area contributed by atoms with Gasteiger partial charge in [-0.2, -0.15) is 8.78 Å². The standard InChI is InChI=1S/C24H27F2NO5/c1-29-22-12-16(7-10-21(22)32-24(25)26)14-27(18-8-9-18)23(28)17-4-2-5-19(13-17)31-15-20-6-3-11-30-20/h2,4-5,7,10,12-13,18,20,24H,3,6,8-9,11,14-15H2,1H3/t20-/m1/s1. The fourth-order valence-corrected chi connectivity index (χ4v) is 3.80. The van der Waals surface area contributed by atoms with Crippen molar-refractivity contribution in [3.8, 4) is 17.2 Å². The number of amides is 1. The van der Waals surface area contributed by atoms with E-state index < -0.39 is 6.61 Å². The molecule has 2 aromatic carbocycles. The number of nitrogens with zero attached hydrogens (tertiary/aromatic N) is 1. The largest absolute Gasteiger partial charge is 0.493 e. The fraction of sp³-hybridized carbons (Fsp3) is 0.458. The van der Waals surface area contributed by atoms with Crippen LogP contribution in [0.4, 0.5) is 8.78 Å². The fourth-order valence-electron chi connectivity index (χ4n) is 3.80. The van der Waals surface area contributed by atoms with Crippen molar-refractivity contribution in [3.63, 3.8) is 0 Å². The van der Waals surface area contributed by atoms with Crippen LogP contribution >= 0.6 is 0 Å². The Bertz CT molecular complexity index is 928. The van der Waals surface area contributed by atoms with Crippen molar-refractivity contribution < 1.29 is 32.5 Å². The number of halogens is 2. The van der Waals surface area contributed by atoms with Crippen molar-refractivity contribution in [1.29, 1.82) is 0 Å². The van der Waals surface area contributed by atoms with Crippen LogP contribution in [-0.2, 0) is 11.3 Å². The second kappa shape index (κ2) is 10.2. The van der Waals surface area contributed by atoms with E-state index in [1.54, 1.807) is 24.3 Å². The Labute approximate surface area is 186 Å². The van der Waals surface area contributed by atoms with E-state index in [4.69, 9.17) is 14.2 Å². The molecule has 8 heteroatoms. The van der Waals surface area contributed by atoms with Gasteiger partial charge in [0.2, 0.25) is 0 Å². The van der Waals surface area contributed by atoms with Gasteiger partial charge >= 0.3 is 6.61 Å². The van der Waals surface area contributed by atoms with Crippen molar-refractivity contribution in [1.82, 2.24) is 4.90 Å². The first-order chi connectivity index (χ1) is 15.5. The molecule has 172 valence electrons. The van der Waals surface area contributed by atoms with E-state index in [1.165, 1.54) is 13.2 Å². The van der Waals surface area contributed by atoms with Gasteiger partial charge in [-0.05, 0) is 61.6 Å². The van der Waals surface area contributed by atoms with Gasteiger partial charge in [0.1, 0.15) is 12.4 Å². The smallest absolute Gasteiger partial charge is 0.387 e. The SMILES string of the molecule is COc1cc(CN(C(=O)c2cccc(OC[C@H]3CCCO3)c2)C2CC2)ccc1OC(F)F. The van der Waals surface area contributed by atoms with E-state index in [-0.39, 0.29) is 29.6 Å². The molecule has 0 aromatic heterocycles. The first-order valence-electron chi connectivity index (χ1n) is 10.8. The minimum atomic E-state index is -2.94. The van der Waals surface area contributed by atoms with Crippen molar-refractivity contribution in [2.75, 3.05) is 20.3 Å². The van der Waals surface area contributed by atoms with E-state index in [0.717, 1.165) is 37.9 Å². The van der Waals surface area contributed by atoms with Crippen LogP contribution in [0.5, 0.6) is 17.2 Å². The van der Waals surface area contributed by atoms with Gasteiger partial charge < -0.3 is 23.8 Å². The molecule has 1 heterocycles. The highest BCUT2D eigenvalue weighted by Gasteiger charge is 2.33. The third-order valence-corrected chi connectivity index (χ3v) is 5.59. The molecule has 2 aromatic rings. The Morgan fingerprint density at radius 3 is 2.69 bits per heavy atom. The molecular weight excluding hydrogens is 420 g/mol. The highest BCUT2D eigenvalue weighted by Crippen LogP contribution is 2.33. The Kier molecular flexibility index (Phi) is 7.09. The molecule has 1 saturated heterocycles. The van der Waals surface area contributed by atoms with Crippen LogP contribution in [-0.4, -0.2) is 49.9 Å². The Morgan fingerprint density at radius 1 is 1.16 bits per heavy atom. The van der Waals surface area contributed by atoms with Crippen molar-refractivity contribution in [2.24, 2.45) is 0 Å². The molecule has 6 nitrogen and oxygen atoms in total. The lowest BCUT2D eigenvalue weighted by atomic mass is 10.1. The van der Waals surface area contributed by atoms with Gasteiger partial charge in [0, 0.05) is 24.8 Å². The molecule has 32 heavy (non-hydrogen) atoms. The number of carbonyl (C=O) groups excluding carboxylic acids is 1. The summed E-state index contributed by atoms with van der Waals surface area (Å²) >= 11 is 0. The van der Waals surface area contributed by atoms with E-state index in [0.29, 0.717) is 24.5 Å². The van der Waals surface area contributed by atoms with E-state index in [1.807, 2.05) is 17.0 Å². The molecule has 4 rings (SSSR count). The molecule has 0 bridgehead atoms. The summed E-state index contributed by atoms with van der Waals surface area (Å²) in [5.41, 5.74) is 1.32. The molecule has 0 unspecified atom stereocenters. The molecular formula is C24H27F2NO5. The van der Waals surface area contributed by atoms with Crippen LogP contribution in [0, 0.1) is 0 Å². The first-order valence-corrected chi connectivity index (χ1v) is 10.8. The van der Waals surface area contributed by atoms with Gasteiger partial charge in [-0.15, -0.1) is 0 Å². The molecule has 1 amide bonds. The van der Waals surface area contributed by atoms with Gasteiger partial charge in [-0.1, -0.05) is 12.1 Å². The minimum Gasteiger partial charge on any atom is -0.493 e. The van der Waals surface area contributed by atoms with E-state index in [9.17, 15) is 13.6 Å². The van der Waals surface area contributed by atoms with Crippen LogP contribution in [0.3, 0.4) is 0 Å². The lowest BCUT2D eigenvalue weighted by Crippen LogP contribution is -2.32. The number of benzene rings is 2. The normalized spacial score (nSPS) is 17.9. The topological polar surface area (TPSA) is 57.2 Å². The zero-order valence-corrected chi connectivity index (χ0v) is 18.0. The Balaban J connectivity index is 1.46. The zero-order chi connectivity index (χ0) is 22.5. The average molecular weight is 447 g/mol. The number of rotatable bonds is 10. The average Bonchev–Trinajstić information content (AvgIpc) is 3.50. The van der Waals surface area contributed by atoms with Crippen LogP contribution in [0.2, 0.25) is 0 Å². The lowest BCUT2D eigenvalue weighted by Gasteiger charge is -2.23. The number of hydrogen-bond acceptors (Lipinski definition) is 5. The third kappa shape index (κ3) is 5.68. The predicted molar refractivity (Wildman–Crippen MR) is 113 cm³/mol. The van der Waals surface area contributed by atoms with Gasteiger partial charge in [0.15, 0.2) is 11.5 Å². The molecule has 0 N–H and O–H groups in total. The number of alkyl halides is 2. The Hall–Kier alpha value is -2.87. The summed E-state index contributed by atoms with van der Waals surface area (Å²) in [5.74, 6) is 0.710. The number of methoxy groups -OCH3 is 1. The van der Waals surface area contributed by atoms with Crippen LogP contribution in [0.15, 0.2) is 42.5 Å². The van der Waals surface area contributed by atoms with E-state index >= 15 is 0 Å². The van der Waals surface area contributed by atoms with Crippen LogP contribution in [0.1, 0.15) is 41.6 Å². The maximum absolute atomic E-state index is 13.3. The highest BCUT2D eigenvalue weighted by atomic mass is 19.3. The van der Waals surface area contributed by atoms with Crippen molar-refractivity contribution >= 4 is 5.91 Å². The quantitative estimate of drug-likeness (QED) is 0.530. The van der Waals surface area contributed by atoms with Gasteiger partial charge in [-0.3, -0.25) is 4.79 Å². The summed E-state index contributed by atoms with van der Waals surface area (Å²) in [6.45, 7) is -1.36. The number of ether oxygens (including phenoxy) is 4. The van der Waals surface area contributed by atoms with Gasteiger partial charge in [0.25, 0.3) is 5.91 Å². The molecule has 1 atom stereocenters. The zero-order valence-electron chi connectivity index (χ0n) is 18.0.